The number of benzene rings is 2. The smallest absolute Gasteiger partial charge is 0.0648 e. The molecule has 0 radical (unpaired) electrons. The number of hydrogen-bond acceptors (Lipinski definition) is 2. The van der Waals surface area contributed by atoms with Gasteiger partial charge in [-0.2, -0.15) is 0 Å². The molecule has 2 aromatic rings. The van der Waals surface area contributed by atoms with Crippen molar-refractivity contribution in [3.63, 3.8) is 0 Å². The Morgan fingerprint density at radius 2 is 2.05 bits per heavy atom. The molecule has 1 aliphatic heterocycles. The van der Waals surface area contributed by atoms with E-state index in [9.17, 15) is 0 Å². The molecule has 2 aromatic carbocycles. The van der Waals surface area contributed by atoms with E-state index in [0.717, 1.165) is 33.8 Å². The van der Waals surface area contributed by atoms with Crippen LogP contribution in [0.25, 0.3) is 0 Å². The minimum absolute atomic E-state index is 0.815. The van der Waals surface area contributed by atoms with Crippen molar-refractivity contribution in [1.82, 2.24) is 0 Å². The maximum absolute atomic E-state index is 6.24. The zero-order valence-corrected chi connectivity index (χ0v) is 12.9. The lowest BCUT2D eigenvalue weighted by Gasteiger charge is -2.33. The molecule has 1 heterocycles. The summed E-state index contributed by atoms with van der Waals surface area (Å²) in [5, 5.41) is 4.25. The highest BCUT2D eigenvalue weighted by molar-refractivity contribution is 9.10. The number of nitrogens with zero attached hydrogens (tertiary/aromatic N) is 1. The van der Waals surface area contributed by atoms with Crippen molar-refractivity contribution in [2.24, 2.45) is 0 Å². The highest BCUT2D eigenvalue weighted by atomic mass is 79.9. The molecule has 0 aromatic heterocycles. The zero-order chi connectivity index (χ0) is 13.4. The number of anilines is 3. The molecule has 19 heavy (non-hydrogen) atoms. The van der Waals surface area contributed by atoms with Gasteiger partial charge in [0, 0.05) is 28.3 Å². The van der Waals surface area contributed by atoms with Gasteiger partial charge in [-0.1, -0.05) is 33.6 Å². The maximum Gasteiger partial charge on any atom is 0.0648 e. The van der Waals surface area contributed by atoms with Crippen LogP contribution in [0.2, 0.25) is 5.02 Å². The quantitative estimate of drug-likeness (QED) is 0.790. The van der Waals surface area contributed by atoms with Crippen LogP contribution in [0.15, 0.2) is 40.9 Å². The fraction of sp³-hybridized carbons (Fsp3) is 0.200. The third-order valence-electron chi connectivity index (χ3n) is 3.43. The largest absolute Gasteiger partial charge is 0.382 e. The van der Waals surface area contributed by atoms with Crippen LogP contribution in [-0.2, 0) is 0 Å². The molecule has 0 unspecified atom stereocenters. The zero-order valence-electron chi connectivity index (χ0n) is 10.6. The van der Waals surface area contributed by atoms with Gasteiger partial charge in [-0.15, -0.1) is 0 Å². The van der Waals surface area contributed by atoms with Crippen LogP contribution in [0.4, 0.5) is 17.1 Å². The summed E-state index contributed by atoms with van der Waals surface area (Å²) in [6, 6.07) is 12.4. The SMILES string of the molecule is Cc1c(Cl)cccc1N1CCNc2cc(Br)ccc21. The lowest BCUT2D eigenvalue weighted by atomic mass is 10.1. The van der Waals surface area contributed by atoms with Crippen molar-refractivity contribution in [3.05, 3.63) is 51.5 Å². The molecular formula is C15H14BrClN2. The van der Waals surface area contributed by atoms with Crippen LogP contribution in [-0.4, -0.2) is 13.1 Å². The minimum Gasteiger partial charge on any atom is -0.382 e. The predicted molar refractivity (Wildman–Crippen MR) is 85.8 cm³/mol. The average molecular weight is 338 g/mol. The van der Waals surface area contributed by atoms with Crippen LogP contribution in [0.5, 0.6) is 0 Å². The first-order chi connectivity index (χ1) is 9.16. The van der Waals surface area contributed by atoms with Gasteiger partial charge in [0.1, 0.15) is 0 Å². The van der Waals surface area contributed by atoms with E-state index in [4.69, 9.17) is 11.6 Å². The molecule has 3 rings (SSSR count). The van der Waals surface area contributed by atoms with E-state index in [0.29, 0.717) is 0 Å². The molecule has 0 aliphatic carbocycles. The molecule has 1 N–H and O–H groups in total. The second kappa shape index (κ2) is 5.06. The van der Waals surface area contributed by atoms with Crippen LogP contribution < -0.4 is 10.2 Å². The van der Waals surface area contributed by atoms with Crippen molar-refractivity contribution in [2.45, 2.75) is 6.92 Å². The molecule has 0 saturated heterocycles. The lowest BCUT2D eigenvalue weighted by molar-refractivity contribution is 0.922. The van der Waals surface area contributed by atoms with Gasteiger partial charge in [-0.05, 0) is 42.8 Å². The van der Waals surface area contributed by atoms with Gasteiger partial charge >= 0.3 is 0 Å². The van der Waals surface area contributed by atoms with Crippen LogP contribution in [0, 0.1) is 6.92 Å². The van der Waals surface area contributed by atoms with Crippen molar-refractivity contribution >= 4 is 44.6 Å². The summed E-state index contributed by atoms with van der Waals surface area (Å²) in [5.74, 6) is 0. The standard InChI is InChI=1S/C15H14BrClN2/c1-10-12(17)3-2-4-14(10)19-8-7-18-13-9-11(16)5-6-15(13)19/h2-6,9,18H,7-8H2,1H3. The average Bonchev–Trinajstić information content (AvgIpc) is 2.41. The summed E-state index contributed by atoms with van der Waals surface area (Å²) in [6.07, 6.45) is 0. The van der Waals surface area contributed by atoms with E-state index in [1.165, 1.54) is 11.4 Å². The second-order valence-corrected chi connectivity index (χ2v) is 5.95. The monoisotopic (exact) mass is 336 g/mol. The summed E-state index contributed by atoms with van der Waals surface area (Å²) >= 11 is 9.75. The molecule has 0 fully saturated rings. The normalized spacial score (nSPS) is 13.9. The third kappa shape index (κ3) is 2.33. The van der Waals surface area contributed by atoms with Crippen molar-refractivity contribution < 1.29 is 0 Å². The van der Waals surface area contributed by atoms with Crippen molar-refractivity contribution in [3.8, 4) is 0 Å². The minimum atomic E-state index is 0.815. The summed E-state index contributed by atoms with van der Waals surface area (Å²) in [6.45, 7) is 3.93. The van der Waals surface area contributed by atoms with E-state index >= 15 is 0 Å². The van der Waals surface area contributed by atoms with Crippen molar-refractivity contribution in [1.29, 1.82) is 0 Å². The van der Waals surface area contributed by atoms with E-state index in [1.807, 2.05) is 12.1 Å². The molecule has 0 saturated carbocycles. The molecule has 98 valence electrons. The second-order valence-electron chi connectivity index (χ2n) is 4.62. The lowest BCUT2D eigenvalue weighted by Crippen LogP contribution is -2.30. The highest BCUT2D eigenvalue weighted by Crippen LogP contribution is 2.38. The summed E-state index contributed by atoms with van der Waals surface area (Å²) in [5.41, 5.74) is 4.65. The number of nitrogens with one attached hydrogen (secondary N) is 1. The third-order valence-corrected chi connectivity index (χ3v) is 4.33. The van der Waals surface area contributed by atoms with Gasteiger partial charge < -0.3 is 10.2 Å². The van der Waals surface area contributed by atoms with E-state index < -0.39 is 0 Å². The molecule has 0 spiro atoms. The molecule has 2 nitrogen and oxygen atoms in total. The van der Waals surface area contributed by atoms with Crippen LogP contribution >= 0.6 is 27.5 Å². The highest BCUT2D eigenvalue weighted by Gasteiger charge is 2.19. The van der Waals surface area contributed by atoms with Gasteiger partial charge in [0.05, 0.1) is 11.4 Å². The Kier molecular flexibility index (Phi) is 3.42. The van der Waals surface area contributed by atoms with Gasteiger partial charge in [-0.25, -0.2) is 0 Å². The van der Waals surface area contributed by atoms with Crippen LogP contribution in [0.3, 0.4) is 0 Å². The van der Waals surface area contributed by atoms with Gasteiger partial charge in [0.25, 0.3) is 0 Å². The Balaban J connectivity index is 2.11. The first-order valence-corrected chi connectivity index (χ1v) is 7.40. The van der Waals surface area contributed by atoms with Crippen LogP contribution in [0.1, 0.15) is 5.56 Å². The maximum atomic E-state index is 6.24. The Labute approximate surface area is 126 Å². The van der Waals surface area contributed by atoms with Crippen molar-refractivity contribution in [2.75, 3.05) is 23.3 Å². The Hall–Kier alpha value is -1.19. The first-order valence-electron chi connectivity index (χ1n) is 6.23. The Morgan fingerprint density at radius 1 is 1.21 bits per heavy atom. The summed E-state index contributed by atoms with van der Waals surface area (Å²) < 4.78 is 1.09. The molecule has 0 bridgehead atoms. The first kappa shape index (κ1) is 12.8. The number of halogens is 2. The van der Waals surface area contributed by atoms with E-state index in [2.05, 4.69) is 57.3 Å². The molecule has 1 aliphatic rings. The number of hydrogen-bond donors (Lipinski definition) is 1. The predicted octanol–water partition coefficient (Wildman–Crippen LogP) is 4.97. The van der Waals surface area contributed by atoms with Gasteiger partial charge in [-0.3, -0.25) is 0 Å². The Bertz CT molecular complexity index is 628. The Morgan fingerprint density at radius 3 is 2.89 bits per heavy atom. The molecular weight excluding hydrogens is 324 g/mol. The molecule has 4 heteroatoms. The molecule has 0 amide bonds. The van der Waals surface area contributed by atoms with E-state index in [1.54, 1.807) is 0 Å². The summed E-state index contributed by atoms with van der Waals surface area (Å²) in [7, 11) is 0. The topological polar surface area (TPSA) is 15.3 Å². The number of rotatable bonds is 1. The van der Waals surface area contributed by atoms with E-state index in [-0.39, 0.29) is 0 Å². The summed E-state index contributed by atoms with van der Waals surface area (Å²) in [4.78, 5) is 2.32. The number of fused-ring (bicyclic) bond motifs is 1. The van der Waals surface area contributed by atoms with Gasteiger partial charge in [0.2, 0.25) is 0 Å². The molecule has 0 atom stereocenters. The fourth-order valence-electron chi connectivity index (χ4n) is 2.45. The van der Waals surface area contributed by atoms with Gasteiger partial charge in [0.15, 0.2) is 0 Å². The fourth-order valence-corrected chi connectivity index (χ4v) is 2.98.